The molecule has 0 atom stereocenters. The average Bonchev–Trinajstić information content (AvgIpc) is 2.67. The minimum atomic E-state index is 0.347. The fraction of sp³-hybridized carbons (Fsp3) is 0.125. The van der Waals surface area contributed by atoms with Crippen molar-refractivity contribution in [3.05, 3.63) is 36.5 Å². The van der Waals surface area contributed by atoms with E-state index in [0.717, 1.165) is 5.82 Å². The fourth-order valence-electron chi connectivity index (χ4n) is 0.991. The van der Waals surface area contributed by atoms with Crippen LogP contribution in [0.5, 0.6) is 0 Å². The van der Waals surface area contributed by atoms with Gasteiger partial charge in [-0.15, -0.1) is 5.10 Å². The molecule has 0 aromatic carbocycles. The molecule has 13 heavy (non-hydrogen) atoms. The molecule has 2 N–H and O–H groups in total. The Kier molecular flexibility index (Phi) is 2.01. The van der Waals surface area contributed by atoms with Crippen molar-refractivity contribution in [2.24, 2.45) is 5.73 Å². The summed E-state index contributed by atoms with van der Waals surface area (Å²) in [5.41, 5.74) is 5.38. The van der Waals surface area contributed by atoms with Crippen LogP contribution >= 0.6 is 0 Å². The van der Waals surface area contributed by atoms with Crippen LogP contribution < -0.4 is 5.73 Å². The van der Waals surface area contributed by atoms with Crippen molar-refractivity contribution in [1.82, 2.24) is 19.7 Å². The molecule has 0 spiro atoms. The molecule has 66 valence electrons. The Morgan fingerprint density at radius 2 is 2.23 bits per heavy atom. The molecule has 0 saturated carbocycles. The quantitative estimate of drug-likeness (QED) is 0.703. The number of nitrogens with zero attached hydrogens (tertiary/aromatic N) is 4. The predicted molar refractivity (Wildman–Crippen MR) is 47.0 cm³/mol. The van der Waals surface area contributed by atoms with Crippen molar-refractivity contribution in [2.75, 3.05) is 0 Å². The Hall–Kier alpha value is -1.75. The number of hydrogen-bond acceptors (Lipinski definition) is 4. The normalized spacial score (nSPS) is 10.2. The van der Waals surface area contributed by atoms with Gasteiger partial charge in [-0.25, -0.2) is 14.6 Å². The molecule has 5 heteroatoms. The van der Waals surface area contributed by atoms with Gasteiger partial charge in [0.05, 0.1) is 6.54 Å². The first-order chi connectivity index (χ1) is 6.40. The summed E-state index contributed by atoms with van der Waals surface area (Å²) in [6.07, 6.45) is 3.31. The second-order valence-electron chi connectivity index (χ2n) is 2.50. The van der Waals surface area contributed by atoms with Crippen LogP contribution in [0.3, 0.4) is 0 Å². The molecular weight excluding hydrogens is 166 g/mol. The maximum absolute atomic E-state index is 5.38. The molecule has 0 aliphatic heterocycles. The molecule has 0 aliphatic rings. The van der Waals surface area contributed by atoms with Gasteiger partial charge in [0, 0.05) is 6.20 Å². The summed E-state index contributed by atoms with van der Waals surface area (Å²) < 4.78 is 1.60. The van der Waals surface area contributed by atoms with Crippen LogP contribution in [0.2, 0.25) is 0 Å². The Balaban J connectivity index is 2.36. The summed E-state index contributed by atoms with van der Waals surface area (Å²) in [7, 11) is 0. The van der Waals surface area contributed by atoms with E-state index >= 15 is 0 Å². The Labute approximate surface area is 75.2 Å². The zero-order chi connectivity index (χ0) is 9.10. The standard InChI is InChI=1S/C8H9N5/c9-5-7-11-6-13(12-7)8-3-1-2-4-10-8/h1-4,6H,5,9H2. The lowest BCUT2D eigenvalue weighted by molar-refractivity contribution is 0.809. The summed E-state index contributed by atoms with van der Waals surface area (Å²) in [5.74, 6) is 1.36. The highest BCUT2D eigenvalue weighted by Gasteiger charge is 1.99. The molecule has 0 unspecified atom stereocenters. The van der Waals surface area contributed by atoms with Crippen molar-refractivity contribution in [1.29, 1.82) is 0 Å². The van der Waals surface area contributed by atoms with Gasteiger partial charge in [-0.05, 0) is 12.1 Å². The third-order valence-electron chi connectivity index (χ3n) is 1.61. The van der Waals surface area contributed by atoms with Crippen molar-refractivity contribution in [2.45, 2.75) is 6.54 Å². The lowest BCUT2D eigenvalue weighted by Crippen LogP contribution is -2.01. The van der Waals surface area contributed by atoms with Crippen LogP contribution in [0.4, 0.5) is 0 Å². The lowest BCUT2D eigenvalue weighted by atomic mass is 10.5. The van der Waals surface area contributed by atoms with E-state index in [1.807, 2.05) is 18.2 Å². The highest BCUT2D eigenvalue weighted by Crippen LogP contribution is 1.99. The summed E-state index contributed by atoms with van der Waals surface area (Å²) in [4.78, 5) is 8.11. The van der Waals surface area contributed by atoms with Crippen LogP contribution in [-0.2, 0) is 6.54 Å². The van der Waals surface area contributed by atoms with Gasteiger partial charge in [0.1, 0.15) is 6.33 Å². The van der Waals surface area contributed by atoms with Gasteiger partial charge < -0.3 is 5.73 Å². The van der Waals surface area contributed by atoms with Gasteiger partial charge in [0.15, 0.2) is 11.6 Å². The summed E-state index contributed by atoms with van der Waals surface area (Å²) in [5, 5.41) is 4.12. The second-order valence-corrected chi connectivity index (χ2v) is 2.50. The Morgan fingerprint density at radius 1 is 1.31 bits per heavy atom. The van der Waals surface area contributed by atoms with Crippen LogP contribution in [-0.4, -0.2) is 19.7 Å². The van der Waals surface area contributed by atoms with E-state index < -0.39 is 0 Å². The van der Waals surface area contributed by atoms with E-state index in [4.69, 9.17) is 5.73 Å². The Morgan fingerprint density at radius 3 is 2.85 bits per heavy atom. The van der Waals surface area contributed by atoms with Crippen molar-refractivity contribution < 1.29 is 0 Å². The molecule has 0 radical (unpaired) electrons. The SMILES string of the molecule is NCc1ncn(-c2ccccn2)n1. The molecule has 2 heterocycles. The van der Waals surface area contributed by atoms with Gasteiger partial charge in [-0.1, -0.05) is 6.07 Å². The van der Waals surface area contributed by atoms with E-state index in [1.165, 1.54) is 0 Å². The largest absolute Gasteiger partial charge is 0.324 e. The van der Waals surface area contributed by atoms with Crippen LogP contribution in [0.1, 0.15) is 5.82 Å². The monoisotopic (exact) mass is 175 g/mol. The van der Waals surface area contributed by atoms with Gasteiger partial charge >= 0.3 is 0 Å². The summed E-state index contributed by atoms with van der Waals surface area (Å²) in [6, 6.07) is 5.60. The fourth-order valence-corrected chi connectivity index (χ4v) is 0.991. The van der Waals surface area contributed by atoms with Crippen molar-refractivity contribution >= 4 is 0 Å². The summed E-state index contributed by atoms with van der Waals surface area (Å²) >= 11 is 0. The third kappa shape index (κ3) is 1.54. The number of nitrogens with two attached hydrogens (primary N) is 1. The molecule has 2 aromatic heterocycles. The molecule has 2 aromatic rings. The van der Waals surface area contributed by atoms with Crippen LogP contribution in [0.25, 0.3) is 5.82 Å². The first-order valence-corrected chi connectivity index (χ1v) is 3.92. The smallest absolute Gasteiger partial charge is 0.164 e. The summed E-state index contributed by atoms with van der Waals surface area (Å²) in [6.45, 7) is 0.347. The molecule has 2 rings (SSSR count). The second kappa shape index (κ2) is 3.32. The van der Waals surface area contributed by atoms with Crippen molar-refractivity contribution in [3.63, 3.8) is 0 Å². The van der Waals surface area contributed by atoms with Gasteiger partial charge in [-0.2, -0.15) is 0 Å². The highest BCUT2D eigenvalue weighted by atomic mass is 15.4. The predicted octanol–water partition coefficient (Wildman–Crippen LogP) is 0.121. The topological polar surface area (TPSA) is 69.6 Å². The minimum absolute atomic E-state index is 0.347. The van der Waals surface area contributed by atoms with E-state index in [9.17, 15) is 0 Å². The van der Waals surface area contributed by atoms with Crippen molar-refractivity contribution in [3.8, 4) is 5.82 Å². The first-order valence-electron chi connectivity index (χ1n) is 3.92. The zero-order valence-corrected chi connectivity index (χ0v) is 6.96. The maximum atomic E-state index is 5.38. The molecule has 0 amide bonds. The van der Waals surface area contributed by atoms with E-state index in [0.29, 0.717) is 12.4 Å². The van der Waals surface area contributed by atoms with E-state index in [2.05, 4.69) is 15.1 Å². The number of pyridine rings is 1. The maximum Gasteiger partial charge on any atom is 0.164 e. The zero-order valence-electron chi connectivity index (χ0n) is 6.96. The molecule has 0 fully saturated rings. The number of hydrogen-bond donors (Lipinski definition) is 1. The van der Waals surface area contributed by atoms with Gasteiger partial charge in [-0.3, -0.25) is 0 Å². The van der Waals surface area contributed by atoms with Crippen LogP contribution in [0.15, 0.2) is 30.7 Å². The Bertz CT molecular complexity index is 380. The molecule has 0 saturated heterocycles. The number of rotatable bonds is 2. The van der Waals surface area contributed by atoms with Crippen LogP contribution in [0, 0.1) is 0 Å². The molecule has 0 bridgehead atoms. The lowest BCUT2D eigenvalue weighted by Gasteiger charge is -1.95. The van der Waals surface area contributed by atoms with E-state index in [-0.39, 0.29) is 0 Å². The molecule has 0 aliphatic carbocycles. The highest BCUT2D eigenvalue weighted by molar-refractivity contribution is 5.18. The molecule has 5 nitrogen and oxygen atoms in total. The molecular formula is C8H9N5. The third-order valence-corrected chi connectivity index (χ3v) is 1.61. The number of aromatic nitrogens is 4. The van der Waals surface area contributed by atoms with Gasteiger partial charge in [0.25, 0.3) is 0 Å². The minimum Gasteiger partial charge on any atom is -0.324 e. The average molecular weight is 175 g/mol. The van der Waals surface area contributed by atoms with E-state index in [1.54, 1.807) is 17.2 Å². The van der Waals surface area contributed by atoms with Gasteiger partial charge in [0.2, 0.25) is 0 Å². The first kappa shape index (κ1) is 7.88.